The molecule has 176 valence electrons. The van der Waals surface area contributed by atoms with Crippen molar-refractivity contribution in [2.24, 2.45) is 11.7 Å². The quantitative estimate of drug-likeness (QED) is 0.309. The molecule has 0 aromatic heterocycles. The lowest BCUT2D eigenvalue weighted by Gasteiger charge is -2.32. The standard InChI is InChI=1S/C28H35ClN2O2/c1-21(2)18-28(30,20-31-16-15-22-7-11-25(32-3)12-8-22)19-23-5-4-6-27(17-23)33-26-13-9-24(29)10-14-26/h4-14,17,21,31H,15-16,18-20,30H2,1-3H3. The minimum absolute atomic E-state index is 0.340. The van der Waals surface area contributed by atoms with Crippen molar-refractivity contribution in [1.29, 1.82) is 0 Å². The SMILES string of the molecule is COc1ccc(CCNCC(N)(Cc2cccc(Oc3ccc(Cl)cc3)c2)CC(C)C)cc1. The first-order chi connectivity index (χ1) is 15.8. The number of rotatable bonds is 12. The Hall–Kier alpha value is -2.53. The van der Waals surface area contributed by atoms with Gasteiger partial charge < -0.3 is 20.5 Å². The molecule has 33 heavy (non-hydrogen) atoms. The van der Waals surface area contributed by atoms with Gasteiger partial charge in [0.1, 0.15) is 17.2 Å². The predicted octanol–water partition coefficient (Wildman–Crippen LogP) is 6.26. The van der Waals surface area contributed by atoms with Crippen LogP contribution in [0.25, 0.3) is 0 Å². The van der Waals surface area contributed by atoms with Crippen molar-refractivity contribution in [2.45, 2.75) is 38.6 Å². The van der Waals surface area contributed by atoms with E-state index >= 15 is 0 Å². The Labute approximate surface area is 203 Å². The molecule has 1 unspecified atom stereocenters. The Balaban J connectivity index is 1.59. The van der Waals surface area contributed by atoms with E-state index in [0.717, 1.165) is 49.6 Å². The Kier molecular flexibility index (Phi) is 9.19. The molecule has 0 aliphatic rings. The molecule has 0 fully saturated rings. The number of methoxy groups -OCH3 is 1. The number of hydrogen-bond acceptors (Lipinski definition) is 4. The second-order valence-corrected chi connectivity index (χ2v) is 9.55. The van der Waals surface area contributed by atoms with Crippen LogP contribution in [0.1, 0.15) is 31.4 Å². The Morgan fingerprint density at radius 2 is 1.61 bits per heavy atom. The predicted molar refractivity (Wildman–Crippen MR) is 138 cm³/mol. The van der Waals surface area contributed by atoms with Crippen molar-refractivity contribution in [2.75, 3.05) is 20.2 Å². The van der Waals surface area contributed by atoms with Gasteiger partial charge in [-0.25, -0.2) is 0 Å². The van der Waals surface area contributed by atoms with Crippen LogP contribution < -0.4 is 20.5 Å². The molecule has 4 nitrogen and oxygen atoms in total. The van der Waals surface area contributed by atoms with Crippen LogP contribution in [0.15, 0.2) is 72.8 Å². The molecule has 1 atom stereocenters. The van der Waals surface area contributed by atoms with Crippen LogP contribution in [-0.2, 0) is 12.8 Å². The van der Waals surface area contributed by atoms with E-state index in [1.54, 1.807) is 7.11 Å². The highest BCUT2D eigenvalue weighted by Crippen LogP contribution is 2.26. The third-order valence-electron chi connectivity index (χ3n) is 5.55. The first-order valence-corrected chi connectivity index (χ1v) is 11.9. The summed E-state index contributed by atoms with van der Waals surface area (Å²) in [6.07, 6.45) is 2.66. The lowest BCUT2D eigenvalue weighted by Crippen LogP contribution is -2.51. The Bertz CT molecular complexity index is 990. The second kappa shape index (κ2) is 12.1. The van der Waals surface area contributed by atoms with Gasteiger partial charge in [-0.1, -0.05) is 49.7 Å². The largest absolute Gasteiger partial charge is 0.497 e. The molecule has 5 heteroatoms. The third-order valence-corrected chi connectivity index (χ3v) is 5.80. The maximum Gasteiger partial charge on any atom is 0.127 e. The third kappa shape index (κ3) is 8.39. The van der Waals surface area contributed by atoms with E-state index in [0.29, 0.717) is 10.9 Å². The molecule has 0 spiro atoms. The van der Waals surface area contributed by atoms with Gasteiger partial charge in [0.25, 0.3) is 0 Å². The van der Waals surface area contributed by atoms with Crippen molar-refractivity contribution in [3.63, 3.8) is 0 Å². The minimum atomic E-state index is -0.340. The fraction of sp³-hybridized carbons (Fsp3) is 0.357. The van der Waals surface area contributed by atoms with Gasteiger partial charge in [0, 0.05) is 17.1 Å². The van der Waals surface area contributed by atoms with E-state index in [4.69, 9.17) is 26.8 Å². The van der Waals surface area contributed by atoms with Crippen LogP contribution in [0.5, 0.6) is 17.2 Å². The summed E-state index contributed by atoms with van der Waals surface area (Å²) in [5, 5.41) is 4.28. The van der Waals surface area contributed by atoms with E-state index in [-0.39, 0.29) is 5.54 Å². The van der Waals surface area contributed by atoms with Crippen molar-refractivity contribution >= 4 is 11.6 Å². The maximum absolute atomic E-state index is 6.93. The highest BCUT2D eigenvalue weighted by molar-refractivity contribution is 6.30. The van der Waals surface area contributed by atoms with Gasteiger partial charge in [-0.2, -0.15) is 0 Å². The van der Waals surface area contributed by atoms with Crippen LogP contribution >= 0.6 is 11.6 Å². The van der Waals surface area contributed by atoms with Crippen LogP contribution in [0.2, 0.25) is 5.02 Å². The monoisotopic (exact) mass is 466 g/mol. The smallest absolute Gasteiger partial charge is 0.127 e. The molecule has 0 aliphatic heterocycles. The molecule has 0 amide bonds. The highest BCUT2D eigenvalue weighted by Gasteiger charge is 2.26. The van der Waals surface area contributed by atoms with E-state index in [9.17, 15) is 0 Å². The fourth-order valence-corrected chi connectivity index (χ4v) is 4.27. The first-order valence-electron chi connectivity index (χ1n) is 11.5. The van der Waals surface area contributed by atoms with Gasteiger partial charge in [0.15, 0.2) is 0 Å². The number of benzene rings is 3. The number of ether oxygens (including phenoxy) is 2. The van der Waals surface area contributed by atoms with Crippen molar-refractivity contribution in [3.05, 3.63) is 88.9 Å². The molecular weight excluding hydrogens is 432 g/mol. The first kappa shape index (κ1) is 25.1. The Morgan fingerprint density at radius 1 is 0.909 bits per heavy atom. The lowest BCUT2D eigenvalue weighted by molar-refractivity contribution is 0.322. The van der Waals surface area contributed by atoms with Gasteiger partial charge in [0.2, 0.25) is 0 Å². The second-order valence-electron chi connectivity index (χ2n) is 9.12. The van der Waals surface area contributed by atoms with Crippen LogP contribution in [0.3, 0.4) is 0 Å². The van der Waals surface area contributed by atoms with E-state index in [1.807, 2.05) is 48.5 Å². The summed E-state index contributed by atoms with van der Waals surface area (Å²) >= 11 is 5.97. The van der Waals surface area contributed by atoms with Crippen LogP contribution in [0.4, 0.5) is 0 Å². The molecule has 0 saturated carbocycles. The maximum atomic E-state index is 6.93. The summed E-state index contributed by atoms with van der Waals surface area (Å²) in [6, 6.07) is 23.8. The highest BCUT2D eigenvalue weighted by atomic mass is 35.5. The summed E-state index contributed by atoms with van der Waals surface area (Å²) in [5.41, 5.74) is 9.04. The van der Waals surface area contributed by atoms with E-state index < -0.39 is 0 Å². The van der Waals surface area contributed by atoms with Gasteiger partial charge in [-0.3, -0.25) is 0 Å². The van der Waals surface area contributed by atoms with Crippen molar-refractivity contribution < 1.29 is 9.47 Å². The Morgan fingerprint density at radius 3 is 2.27 bits per heavy atom. The normalized spacial score (nSPS) is 13.0. The molecular formula is C28H35ClN2O2. The summed E-state index contributed by atoms with van der Waals surface area (Å²) in [4.78, 5) is 0. The van der Waals surface area contributed by atoms with Crippen LogP contribution in [-0.4, -0.2) is 25.7 Å². The number of nitrogens with two attached hydrogens (primary N) is 1. The van der Waals surface area contributed by atoms with Crippen molar-refractivity contribution in [3.8, 4) is 17.2 Å². The average Bonchev–Trinajstić information content (AvgIpc) is 2.78. The van der Waals surface area contributed by atoms with Gasteiger partial charge in [-0.05, 0) is 91.4 Å². The van der Waals surface area contributed by atoms with Gasteiger partial charge >= 0.3 is 0 Å². The van der Waals surface area contributed by atoms with E-state index in [2.05, 4.69) is 43.4 Å². The van der Waals surface area contributed by atoms with Crippen molar-refractivity contribution in [1.82, 2.24) is 5.32 Å². The number of nitrogens with one attached hydrogen (secondary N) is 1. The topological polar surface area (TPSA) is 56.5 Å². The number of halogens is 1. The summed E-state index contributed by atoms with van der Waals surface area (Å²) in [5.74, 6) is 2.95. The summed E-state index contributed by atoms with van der Waals surface area (Å²) in [6.45, 7) is 6.07. The van der Waals surface area contributed by atoms with E-state index in [1.165, 1.54) is 11.1 Å². The summed E-state index contributed by atoms with van der Waals surface area (Å²) in [7, 11) is 1.69. The molecule has 3 N–H and O–H groups in total. The molecule has 0 saturated heterocycles. The molecule has 3 rings (SSSR count). The lowest BCUT2D eigenvalue weighted by atomic mass is 9.84. The zero-order valence-corrected chi connectivity index (χ0v) is 20.6. The summed E-state index contributed by atoms with van der Waals surface area (Å²) < 4.78 is 11.2. The number of hydrogen-bond donors (Lipinski definition) is 2. The zero-order valence-electron chi connectivity index (χ0n) is 19.8. The van der Waals surface area contributed by atoms with Crippen LogP contribution in [0, 0.1) is 5.92 Å². The molecule has 3 aromatic rings. The minimum Gasteiger partial charge on any atom is -0.497 e. The molecule has 0 heterocycles. The molecule has 0 bridgehead atoms. The van der Waals surface area contributed by atoms with Gasteiger partial charge in [-0.15, -0.1) is 0 Å². The molecule has 0 radical (unpaired) electrons. The van der Waals surface area contributed by atoms with Gasteiger partial charge in [0.05, 0.1) is 7.11 Å². The fourth-order valence-electron chi connectivity index (χ4n) is 4.15. The average molecular weight is 467 g/mol. The molecule has 3 aromatic carbocycles. The zero-order chi connectivity index (χ0) is 23.7. The molecule has 0 aliphatic carbocycles.